The average Bonchev–Trinajstić information content (AvgIpc) is 3.59. The Balaban J connectivity index is 1.18. The maximum absolute atomic E-state index is 14.1. The van der Waals surface area contributed by atoms with E-state index in [1.807, 2.05) is 109 Å². The van der Waals surface area contributed by atoms with Crippen LogP contribution in [0.25, 0.3) is 0 Å². The van der Waals surface area contributed by atoms with Gasteiger partial charge >= 0.3 is 6.03 Å². The summed E-state index contributed by atoms with van der Waals surface area (Å²) >= 11 is 0. The highest BCUT2D eigenvalue weighted by atomic mass is 16.3. The summed E-state index contributed by atoms with van der Waals surface area (Å²) in [6.07, 6.45) is 1.16. The van der Waals surface area contributed by atoms with Crippen LogP contribution in [0.4, 0.5) is 10.5 Å². The number of aliphatic hydroxyl groups excluding tert-OH is 2. The zero-order valence-corrected chi connectivity index (χ0v) is 29.1. The summed E-state index contributed by atoms with van der Waals surface area (Å²) < 4.78 is 0. The number of amides is 4. The van der Waals surface area contributed by atoms with Crippen molar-refractivity contribution in [3.8, 4) is 0 Å². The van der Waals surface area contributed by atoms with Gasteiger partial charge in [-0.25, -0.2) is 4.79 Å². The number of urea groups is 1. The summed E-state index contributed by atoms with van der Waals surface area (Å²) in [7, 11) is 0. The molecule has 0 aromatic heterocycles. The monoisotopic (exact) mass is 688 g/mol. The lowest BCUT2D eigenvalue weighted by Crippen LogP contribution is -2.43. The highest BCUT2D eigenvalue weighted by Gasteiger charge is 2.41. The summed E-state index contributed by atoms with van der Waals surface area (Å²) in [5, 5.41) is 31.2. The molecular formula is C42H48N4O5. The third-order valence-electron chi connectivity index (χ3n) is 10.1. The largest absolute Gasteiger partial charge is 0.391 e. The lowest BCUT2D eigenvalue weighted by atomic mass is 9.91. The average molecular weight is 689 g/mol. The van der Waals surface area contributed by atoms with Crippen molar-refractivity contribution in [2.75, 3.05) is 18.4 Å². The zero-order chi connectivity index (χ0) is 35.7. The van der Waals surface area contributed by atoms with Gasteiger partial charge in [-0.15, -0.1) is 0 Å². The van der Waals surface area contributed by atoms with Crippen LogP contribution in [0.5, 0.6) is 0 Å². The van der Waals surface area contributed by atoms with Gasteiger partial charge in [0.15, 0.2) is 0 Å². The van der Waals surface area contributed by atoms with Crippen molar-refractivity contribution in [1.29, 1.82) is 0 Å². The first-order valence-electron chi connectivity index (χ1n) is 18.0. The van der Waals surface area contributed by atoms with Crippen LogP contribution >= 0.6 is 0 Å². The van der Waals surface area contributed by atoms with E-state index in [0.717, 1.165) is 27.8 Å². The van der Waals surface area contributed by atoms with E-state index in [-0.39, 0.29) is 42.8 Å². The molecule has 6 rings (SSSR count). The standard InChI is InChI=1S/C42H48N4O5/c1-2-43-42(51)44-34-18-11-16-30(22-34)21-33-24-35(23-29-14-7-4-8-15-29)46(41(33)50)27-36(47)25-32(20-28-12-5-3-6-13-28)40(49)45-39-37-19-10-9-17-31(37)26-38(39)48/h3-19,22,32-33,35-36,38-39,47-48H,2,20-21,23-27H2,1H3,(H,45,49)(H2,43,44,51)/t32-,33+,35+,36+,38-,39?/m1/s1. The van der Waals surface area contributed by atoms with Gasteiger partial charge < -0.3 is 31.1 Å². The van der Waals surface area contributed by atoms with Crippen LogP contribution in [-0.2, 0) is 35.3 Å². The van der Waals surface area contributed by atoms with Crippen LogP contribution in [0.2, 0.25) is 0 Å². The third kappa shape index (κ3) is 9.22. The molecular weight excluding hydrogens is 640 g/mol. The minimum absolute atomic E-state index is 0.0215. The van der Waals surface area contributed by atoms with Gasteiger partial charge in [0.2, 0.25) is 11.8 Å². The van der Waals surface area contributed by atoms with E-state index < -0.39 is 24.2 Å². The fraction of sp³-hybridized carbons (Fsp3) is 0.357. The molecule has 1 heterocycles. The first kappa shape index (κ1) is 35.8. The van der Waals surface area contributed by atoms with Crippen LogP contribution < -0.4 is 16.0 Å². The molecule has 4 aromatic rings. The predicted octanol–water partition coefficient (Wildman–Crippen LogP) is 5.21. The molecule has 9 nitrogen and oxygen atoms in total. The Bertz CT molecular complexity index is 1780. The van der Waals surface area contributed by atoms with E-state index >= 15 is 0 Å². The number of anilines is 1. The van der Waals surface area contributed by atoms with E-state index in [9.17, 15) is 24.6 Å². The van der Waals surface area contributed by atoms with Crippen molar-refractivity contribution in [1.82, 2.24) is 15.5 Å². The SMILES string of the molecule is CCNC(=O)Nc1cccc(C[C@H]2C[C@H](Cc3ccccc3)N(C[C@@H](O)C[C@@H](Cc3ccccc3)C(=O)NC3c4ccccc4C[C@H]3O)C2=O)c1. The van der Waals surface area contributed by atoms with E-state index in [1.54, 1.807) is 0 Å². The number of hydrogen-bond acceptors (Lipinski definition) is 5. The van der Waals surface area contributed by atoms with Crippen molar-refractivity contribution in [3.63, 3.8) is 0 Å². The summed E-state index contributed by atoms with van der Waals surface area (Å²) in [5.41, 5.74) is 5.62. The van der Waals surface area contributed by atoms with Crippen molar-refractivity contribution < 1.29 is 24.6 Å². The lowest BCUT2D eigenvalue weighted by molar-refractivity contribution is -0.133. The number of rotatable bonds is 14. The van der Waals surface area contributed by atoms with Crippen molar-refractivity contribution >= 4 is 23.5 Å². The van der Waals surface area contributed by atoms with Crippen LogP contribution in [-0.4, -0.2) is 64.3 Å². The summed E-state index contributed by atoms with van der Waals surface area (Å²) in [4.78, 5) is 42.0. The van der Waals surface area contributed by atoms with Gasteiger partial charge in [0.05, 0.1) is 18.2 Å². The van der Waals surface area contributed by atoms with Crippen molar-refractivity contribution in [2.45, 2.75) is 69.7 Å². The maximum Gasteiger partial charge on any atom is 0.319 e. The molecule has 4 aromatic carbocycles. The van der Waals surface area contributed by atoms with Crippen LogP contribution in [0.15, 0.2) is 109 Å². The molecule has 2 aliphatic rings. The highest BCUT2D eigenvalue weighted by Crippen LogP contribution is 2.33. The Morgan fingerprint density at radius 2 is 1.55 bits per heavy atom. The molecule has 1 aliphatic heterocycles. The number of likely N-dealkylation sites (tertiary alicyclic amines) is 1. The third-order valence-corrected chi connectivity index (χ3v) is 10.1. The summed E-state index contributed by atoms with van der Waals surface area (Å²) in [6, 6.07) is 34.2. The molecule has 0 spiro atoms. The molecule has 4 amide bonds. The number of benzene rings is 4. The predicted molar refractivity (Wildman–Crippen MR) is 198 cm³/mol. The second kappa shape index (κ2) is 16.8. The van der Waals surface area contributed by atoms with E-state index in [4.69, 9.17) is 0 Å². The van der Waals surface area contributed by atoms with Gasteiger partial charge in [0, 0.05) is 43.1 Å². The van der Waals surface area contributed by atoms with Gasteiger partial charge in [-0.3, -0.25) is 9.59 Å². The van der Waals surface area contributed by atoms with E-state index in [2.05, 4.69) is 28.1 Å². The number of hydrogen-bond donors (Lipinski definition) is 5. The number of nitrogens with one attached hydrogen (secondary N) is 3. The molecule has 5 N–H and O–H groups in total. The molecule has 0 saturated carbocycles. The number of carbonyl (C=O) groups excluding carboxylic acids is 3. The Morgan fingerprint density at radius 3 is 2.29 bits per heavy atom. The van der Waals surface area contributed by atoms with Crippen LogP contribution in [0, 0.1) is 11.8 Å². The number of carbonyl (C=O) groups is 3. The fourth-order valence-corrected chi connectivity index (χ4v) is 7.69. The van der Waals surface area contributed by atoms with Crippen LogP contribution in [0.1, 0.15) is 53.6 Å². The van der Waals surface area contributed by atoms with Gasteiger partial charge in [-0.1, -0.05) is 97.1 Å². The number of nitrogens with zero attached hydrogens (tertiary/aromatic N) is 1. The van der Waals surface area contributed by atoms with Gasteiger partial charge in [-0.05, 0) is 79.0 Å². The lowest BCUT2D eigenvalue weighted by Gasteiger charge is -2.29. The molecule has 1 unspecified atom stereocenters. The highest BCUT2D eigenvalue weighted by molar-refractivity contribution is 5.89. The Hall–Kier alpha value is -4.99. The maximum atomic E-state index is 14.1. The number of fused-ring (bicyclic) bond motifs is 1. The Morgan fingerprint density at radius 1 is 0.863 bits per heavy atom. The Kier molecular flexibility index (Phi) is 11.8. The second-order valence-electron chi connectivity index (χ2n) is 13.9. The van der Waals surface area contributed by atoms with Crippen molar-refractivity contribution in [3.05, 3.63) is 137 Å². The molecule has 51 heavy (non-hydrogen) atoms. The normalized spacial score (nSPS) is 20.8. The van der Waals surface area contributed by atoms with E-state index in [1.165, 1.54) is 0 Å². The van der Waals surface area contributed by atoms with Crippen LogP contribution in [0.3, 0.4) is 0 Å². The second-order valence-corrected chi connectivity index (χ2v) is 13.9. The smallest absolute Gasteiger partial charge is 0.319 e. The summed E-state index contributed by atoms with van der Waals surface area (Å²) in [6.45, 7) is 2.48. The fourth-order valence-electron chi connectivity index (χ4n) is 7.69. The first-order valence-corrected chi connectivity index (χ1v) is 18.0. The molecule has 0 bridgehead atoms. The van der Waals surface area contributed by atoms with Crippen molar-refractivity contribution in [2.24, 2.45) is 11.8 Å². The minimum atomic E-state index is -0.948. The quantitative estimate of drug-likeness (QED) is 0.124. The zero-order valence-electron chi connectivity index (χ0n) is 29.1. The molecule has 9 heteroatoms. The first-order chi connectivity index (χ1) is 24.8. The molecule has 0 radical (unpaired) electrons. The molecule has 6 atom stereocenters. The summed E-state index contributed by atoms with van der Waals surface area (Å²) in [5.74, 6) is -1.13. The number of β-amino-alcohol motifs (C(OH)–C–C–N with tert-alkyl or cyclic N) is 1. The van der Waals surface area contributed by atoms with Gasteiger partial charge in [0.25, 0.3) is 0 Å². The molecule has 266 valence electrons. The van der Waals surface area contributed by atoms with E-state index in [0.29, 0.717) is 44.3 Å². The number of aliphatic hydroxyl groups is 2. The molecule has 1 aliphatic carbocycles. The van der Waals surface area contributed by atoms with Gasteiger partial charge in [-0.2, -0.15) is 0 Å². The molecule has 1 saturated heterocycles. The minimum Gasteiger partial charge on any atom is -0.391 e. The Labute approximate surface area is 300 Å². The van der Waals surface area contributed by atoms with Gasteiger partial charge in [0.1, 0.15) is 0 Å². The molecule has 1 fully saturated rings. The topological polar surface area (TPSA) is 131 Å².